The fourth-order valence-electron chi connectivity index (χ4n) is 2.56. The first kappa shape index (κ1) is 17.1. The van der Waals surface area contributed by atoms with Gasteiger partial charge in [0.2, 0.25) is 0 Å². The molecule has 4 rings (SSSR count). The minimum absolute atomic E-state index is 0.0676. The Morgan fingerprint density at radius 1 is 1.04 bits per heavy atom. The van der Waals surface area contributed by atoms with Crippen LogP contribution in [0.15, 0.2) is 42.7 Å². The molecule has 136 valence electrons. The number of fused-ring (bicyclic) bond motifs is 1. The van der Waals surface area contributed by atoms with Crippen molar-refractivity contribution < 1.29 is 8.78 Å². The van der Waals surface area contributed by atoms with Crippen molar-refractivity contribution in [1.29, 1.82) is 0 Å². The molecule has 4 N–H and O–H groups in total. The fourth-order valence-corrected chi connectivity index (χ4v) is 3.50. The number of nitrogens with two attached hydrogens (primary N) is 1. The molecule has 0 fully saturated rings. The van der Waals surface area contributed by atoms with E-state index in [1.807, 2.05) is 25.1 Å². The maximum atomic E-state index is 13.9. The van der Waals surface area contributed by atoms with E-state index in [0.717, 1.165) is 34.0 Å². The zero-order valence-corrected chi connectivity index (χ0v) is 14.9. The molecular formula is C18H14F2N6S. The molecular weight excluding hydrogens is 370 g/mol. The molecule has 0 saturated heterocycles. The number of nitrogens with zero attached hydrogens (tertiary/aromatic N) is 3. The molecule has 0 unspecified atom stereocenters. The van der Waals surface area contributed by atoms with Crippen LogP contribution in [0.2, 0.25) is 0 Å². The molecule has 6 nitrogen and oxygen atoms in total. The highest BCUT2D eigenvalue weighted by Gasteiger charge is 2.13. The van der Waals surface area contributed by atoms with E-state index in [9.17, 15) is 8.78 Å². The minimum Gasteiger partial charge on any atom is -0.393 e. The number of aromatic nitrogens is 3. The van der Waals surface area contributed by atoms with Crippen molar-refractivity contribution in [3.63, 3.8) is 0 Å². The van der Waals surface area contributed by atoms with Crippen LogP contribution in [0.1, 0.15) is 5.56 Å². The lowest BCUT2D eigenvalue weighted by Gasteiger charge is -2.12. The van der Waals surface area contributed by atoms with Crippen LogP contribution in [0.25, 0.3) is 10.2 Å². The molecule has 2 aromatic carbocycles. The number of aryl methyl sites for hydroxylation is 1. The van der Waals surface area contributed by atoms with Gasteiger partial charge in [0.05, 0.1) is 15.9 Å². The Morgan fingerprint density at radius 3 is 2.59 bits per heavy atom. The Morgan fingerprint density at radius 2 is 1.81 bits per heavy atom. The van der Waals surface area contributed by atoms with Crippen LogP contribution < -0.4 is 16.4 Å². The second-order valence-corrected chi connectivity index (χ2v) is 6.83. The van der Waals surface area contributed by atoms with E-state index >= 15 is 0 Å². The Hall–Kier alpha value is -3.33. The number of hydrogen-bond donors (Lipinski definition) is 3. The molecule has 9 heteroatoms. The van der Waals surface area contributed by atoms with Crippen molar-refractivity contribution in [3.8, 4) is 0 Å². The van der Waals surface area contributed by atoms with E-state index in [2.05, 4.69) is 25.6 Å². The third kappa shape index (κ3) is 3.36. The van der Waals surface area contributed by atoms with Crippen molar-refractivity contribution in [2.45, 2.75) is 6.92 Å². The molecule has 4 aromatic rings. The Bertz CT molecular complexity index is 1140. The van der Waals surface area contributed by atoms with Gasteiger partial charge in [-0.25, -0.2) is 23.7 Å². The number of halogens is 2. The van der Waals surface area contributed by atoms with E-state index in [1.54, 1.807) is 0 Å². The van der Waals surface area contributed by atoms with Crippen molar-refractivity contribution >= 4 is 49.7 Å². The summed E-state index contributed by atoms with van der Waals surface area (Å²) in [6, 6.07) is 9.02. The molecule has 0 atom stereocenters. The Labute approximate surface area is 157 Å². The predicted octanol–water partition coefficient (Wildman–Crippen LogP) is 4.74. The molecule has 0 radical (unpaired) electrons. The summed E-state index contributed by atoms with van der Waals surface area (Å²) in [5, 5.41) is 6.38. The van der Waals surface area contributed by atoms with Crippen LogP contribution in [0.5, 0.6) is 0 Å². The van der Waals surface area contributed by atoms with Gasteiger partial charge in [0.25, 0.3) is 0 Å². The van der Waals surface area contributed by atoms with Gasteiger partial charge in [-0.2, -0.15) is 0 Å². The van der Waals surface area contributed by atoms with E-state index in [-0.39, 0.29) is 17.2 Å². The number of anilines is 5. The average molecular weight is 384 g/mol. The minimum atomic E-state index is -0.620. The van der Waals surface area contributed by atoms with Gasteiger partial charge in [0.1, 0.15) is 23.6 Å². The van der Waals surface area contributed by atoms with Gasteiger partial charge in [-0.3, -0.25) is 0 Å². The quantitative estimate of drug-likeness (QED) is 0.471. The number of rotatable bonds is 4. The summed E-state index contributed by atoms with van der Waals surface area (Å²) in [6.07, 6.45) is 1.27. The summed E-state index contributed by atoms with van der Waals surface area (Å²) >= 11 is 1.46. The number of nitrogens with one attached hydrogen (secondary N) is 2. The topological polar surface area (TPSA) is 88.8 Å². The van der Waals surface area contributed by atoms with Crippen molar-refractivity contribution in [2.24, 2.45) is 0 Å². The summed E-state index contributed by atoms with van der Waals surface area (Å²) in [4.78, 5) is 12.7. The van der Waals surface area contributed by atoms with Gasteiger partial charge in [-0.1, -0.05) is 23.5 Å². The highest BCUT2D eigenvalue weighted by atomic mass is 32.1. The highest BCUT2D eigenvalue weighted by molar-refractivity contribution is 7.22. The molecule has 0 aliphatic rings. The number of nitrogen functional groups attached to an aromatic ring is 1. The molecule has 0 aliphatic carbocycles. The summed E-state index contributed by atoms with van der Waals surface area (Å²) < 4.78 is 28.2. The number of thiazole rings is 1. The standard InChI is InChI=1S/C18H14F2N6S/c1-9-3-2-4-13-15(9)25-18(27-13)26-17-14(21)16(22-8-23-17)24-12-7-10(19)5-6-11(12)20/h2-8H,21H2,1H3,(H2,22,23,24,25,26). The monoisotopic (exact) mass is 384 g/mol. The zero-order valence-electron chi connectivity index (χ0n) is 14.1. The van der Waals surface area contributed by atoms with E-state index in [4.69, 9.17) is 5.73 Å². The van der Waals surface area contributed by atoms with Crippen LogP contribution in [0, 0.1) is 18.6 Å². The molecule has 27 heavy (non-hydrogen) atoms. The largest absolute Gasteiger partial charge is 0.393 e. The van der Waals surface area contributed by atoms with Crippen LogP contribution in [0.4, 0.5) is 36.9 Å². The van der Waals surface area contributed by atoms with Gasteiger partial charge < -0.3 is 16.4 Å². The molecule has 0 spiro atoms. The molecule has 0 aliphatic heterocycles. The average Bonchev–Trinajstić information content (AvgIpc) is 3.05. The molecule has 0 saturated carbocycles. The number of hydrogen-bond acceptors (Lipinski definition) is 7. The van der Waals surface area contributed by atoms with Crippen LogP contribution in [-0.4, -0.2) is 15.0 Å². The molecule has 2 heterocycles. The predicted molar refractivity (Wildman–Crippen MR) is 104 cm³/mol. The normalized spacial score (nSPS) is 10.9. The summed E-state index contributed by atoms with van der Waals surface area (Å²) in [6.45, 7) is 1.99. The van der Waals surface area contributed by atoms with E-state index < -0.39 is 11.6 Å². The lowest BCUT2D eigenvalue weighted by Crippen LogP contribution is -2.06. The second-order valence-electron chi connectivity index (χ2n) is 5.80. The van der Waals surface area contributed by atoms with Crippen LogP contribution in [0.3, 0.4) is 0 Å². The molecule has 2 aromatic heterocycles. The van der Waals surface area contributed by atoms with Gasteiger partial charge >= 0.3 is 0 Å². The molecule has 0 bridgehead atoms. The molecule has 0 amide bonds. The third-order valence-corrected chi connectivity index (χ3v) is 4.85. The van der Waals surface area contributed by atoms with Crippen LogP contribution in [-0.2, 0) is 0 Å². The first-order valence-electron chi connectivity index (χ1n) is 7.97. The van der Waals surface area contributed by atoms with E-state index in [1.165, 1.54) is 17.7 Å². The number of para-hydroxylation sites is 1. The third-order valence-electron chi connectivity index (χ3n) is 3.91. The van der Waals surface area contributed by atoms with Gasteiger partial charge in [-0.15, -0.1) is 0 Å². The fraction of sp³-hybridized carbons (Fsp3) is 0.0556. The summed E-state index contributed by atoms with van der Waals surface area (Å²) in [5.74, 6) is -0.712. The number of benzene rings is 2. The van der Waals surface area contributed by atoms with Crippen LogP contribution >= 0.6 is 11.3 Å². The first-order valence-corrected chi connectivity index (χ1v) is 8.78. The van der Waals surface area contributed by atoms with E-state index in [0.29, 0.717) is 10.9 Å². The second kappa shape index (κ2) is 6.76. The van der Waals surface area contributed by atoms with Crippen molar-refractivity contribution in [1.82, 2.24) is 15.0 Å². The lowest BCUT2D eigenvalue weighted by molar-refractivity contribution is 0.603. The van der Waals surface area contributed by atoms with Gasteiger partial charge in [0, 0.05) is 6.07 Å². The lowest BCUT2D eigenvalue weighted by atomic mass is 10.2. The maximum absolute atomic E-state index is 13.9. The Balaban J connectivity index is 1.65. The van der Waals surface area contributed by atoms with Crippen molar-refractivity contribution in [2.75, 3.05) is 16.4 Å². The van der Waals surface area contributed by atoms with Gasteiger partial charge in [0.15, 0.2) is 16.8 Å². The zero-order chi connectivity index (χ0) is 19.0. The maximum Gasteiger partial charge on any atom is 0.189 e. The summed E-state index contributed by atoms with van der Waals surface area (Å²) in [7, 11) is 0. The van der Waals surface area contributed by atoms with Gasteiger partial charge in [-0.05, 0) is 30.7 Å². The summed E-state index contributed by atoms with van der Waals surface area (Å²) in [5.41, 5.74) is 8.17. The highest BCUT2D eigenvalue weighted by Crippen LogP contribution is 2.33. The van der Waals surface area contributed by atoms with Crippen molar-refractivity contribution in [3.05, 3.63) is 59.9 Å². The Kier molecular flexibility index (Phi) is 4.28. The first-order chi connectivity index (χ1) is 13.0. The smallest absolute Gasteiger partial charge is 0.189 e. The SMILES string of the molecule is Cc1cccc2sc(Nc3ncnc(Nc4cc(F)ccc4F)c3N)nc12.